The van der Waals surface area contributed by atoms with Crippen molar-refractivity contribution < 1.29 is 19.1 Å². The first-order valence-electron chi connectivity index (χ1n) is 8.13. The molecule has 0 bridgehead atoms. The smallest absolute Gasteiger partial charge is 0.325 e. The maximum absolute atomic E-state index is 11.6. The summed E-state index contributed by atoms with van der Waals surface area (Å²) in [6.45, 7) is 0.638. The van der Waals surface area contributed by atoms with Gasteiger partial charge in [-0.3, -0.25) is 9.59 Å². The molecule has 6 nitrogen and oxygen atoms in total. The van der Waals surface area contributed by atoms with Gasteiger partial charge in [-0.1, -0.05) is 36.4 Å². The van der Waals surface area contributed by atoms with Crippen molar-refractivity contribution in [1.29, 1.82) is 0 Å². The van der Waals surface area contributed by atoms with Gasteiger partial charge in [0.05, 0.1) is 13.2 Å². The molecule has 0 atom stereocenters. The zero-order chi connectivity index (χ0) is 17.7. The van der Waals surface area contributed by atoms with Gasteiger partial charge in [-0.15, -0.1) is 0 Å². The Bertz CT molecular complexity index is 589. The van der Waals surface area contributed by atoms with Crippen LogP contribution in [-0.4, -0.2) is 38.2 Å². The molecule has 25 heavy (non-hydrogen) atoms. The molecule has 0 radical (unpaired) electrons. The van der Waals surface area contributed by atoms with Crippen molar-refractivity contribution in [3.8, 4) is 0 Å². The first-order chi connectivity index (χ1) is 12.2. The maximum Gasteiger partial charge on any atom is 0.325 e. The van der Waals surface area contributed by atoms with Crippen LogP contribution in [0.1, 0.15) is 6.42 Å². The monoisotopic (exact) mass is 342 g/mol. The fourth-order valence-electron chi connectivity index (χ4n) is 1.99. The number of anilines is 2. The van der Waals surface area contributed by atoms with E-state index in [4.69, 9.17) is 9.47 Å². The number of para-hydroxylation sites is 2. The van der Waals surface area contributed by atoms with Gasteiger partial charge in [-0.25, -0.2) is 0 Å². The summed E-state index contributed by atoms with van der Waals surface area (Å²) in [5, 5.41) is 5.94. The van der Waals surface area contributed by atoms with Crippen LogP contribution >= 0.6 is 0 Å². The van der Waals surface area contributed by atoms with Crippen LogP contribution in [0.25, 0.3) is 0 Å². The molecule has 0 spiro atoms. The molecule has 0 saturated carbocycles. The lowest BCUT2D eigenvalue weighted by molar-refractivity contribution is -0.143. The van der Waals surface area contributed by atoms with E-state index in [1.54, 1.807) is 0 Å². The molecular formula is C19H22N2O4. The molecule has 0 fully saturated rings. The molecule has 0 aliphatic rings. The summed E-state index contributed by atoms with van der Waals surface area (Å²) >= 11 is 0. The molecule has 2 aromatic rings. The van der Waals surface area contributed by atoms with E-state index in [0.717, 1.165) is 11.4 Å². The number of hydrogen-bond donors (Lipinski definition) is 2. The zero-order valence-electron chi connectivity index (χ0n) is 13.9. The molecule has 0 aromatic heterocycles. The Balaban J connectivity index is 1.48. The minimum Gasteiger partial charge on any atom is -0.464 e. The van der Waals surface area contributed by atoms with E-state index in [1.165, 1.54) is 0 Å². The lowest BCUT2D eigenvalue weighted by atomic mass is 10.3. The van der Waals surface area contributed by atoms with Gasteiger partial charge in [-0.05, 0) is 24.3 Å². The predicted molar refractivity (Wildman–Crippen MR) is 96.4 cm³/mol. The Morgan fingerprint density at radius 3 is 1.48 bits per heavy atom. The second kappa shape index (κ2) is 10.7. The minimum absolute atomic E-state index is 0.102. The Hall–Kier alpha value is -3.02. The number of ether oxygens (including phenoxy) is 2. The SMILES string of the molecule is O=C(CNc1ccccc1)OCCCOC(=O)CNc1ccccc1. The van der Waals surface area contributed by atoms with Crippen molar-refractivity contribution in [2.45, 2.75) is 6.42 Å². The number of esters is 2. The van der Waals surface area contributed by atoms with E-state index >= 15 is 0 Å². The van der Waals surface area contributed by atoms with Crippen LogP contribution in [0.5, 0.6) is 0 Å². The number of rotatable bonds is 10. The fraction of sp³-hybridized carbons (Fsp3) is 0.263. The van der Waals surface area contributed by atoms with E-state index in [1.807, 2.05) is 60.7 Å². The summed E-state index contributed by atoms with van der Waals surface area (Å²) in [6, 6.07) is 18.8. The molecule has 132 valence electrons. The molecule has 0 unspecified atom stereocenters. The van der Waals surface area contributed by atoms with Crippen molar-refractivity contribution in [3.05, 3.63) is 60.7 Å². The third-order valence-electron chi connectivity index (χ3n) is 3.24. The molecule has 2 rings (SSSR count). The van der Waals surface area contributed by atoms with Crippen LogP contribution in [0.3, 0.4) is 0 Å². The highest BCUT2D eigenvalue weighted by Crippen LogP contribution is 2.05. The average molecular weight is 342 g/mol. The summed E-state index contributed by atoms with van der Waals surface area (Å²) in [5.41, 5.74) is 1.72. The second-order valence-corrected chi connectivity index (χ2v) is 5.23. The normalized spacial score (nSPS) is 9.92. The van der Waals surface area contributed by atoms with Crippen molar-refractivity contribution in [3.63, 3.8) is 0 Å². The average Bonchev–Trinajstić information content (AvgIpc) is 2.66. The van der Waals surface area contributed by atoms with E-state index in [2.05, 4.69) is 10.6 Å². The summed E-state index contributed by atoms with van der Waals surface area (Å²) < 4.78 is 10.1. The van der Waals surface area contributed by atoms with Gasteiger partial charge < -0.3 is 20.1 Å². The Kier molecular flexibility index (Phi) is 7.84. The van der Waals surface area contributed by atoms with E-state index in [9.17, 15) is 9.59 Å². The number of benzene rings is 2. The van der Waals surface area contributed by atoms with Crippen molar-refractivity contribution in [1.82, 2.24) is 0 Å². The fourth-order valence-corrected chi connectivity index (χ4v) is 1.99. The molecule has 0 saturated heterocycles. The predicted octanol–water partition coefficient (Wildman–Crippen LogP) is 2.69. The van der Waals surface area contributed by atoms with E-state index in [0.29, 0.717) is 6.42 Å². The van der Waals surface area contributed by atoms with Crippen LogP contribution < -0.4 is 10.6 Å². The maximum atomic E-state index is 11.6. The van der Waals surface area contributed by atoms with Crippen LogP contribution in [0.15, 0.2) is 60.7 Å². The molecule has 6 heteroatoms. The van der Waals surface area contributed by atoms with Gasteiger partial charge in [0.15, 0.2) is 0 Å². The first-order valence-corrected chi connectivity index (χ1v) is 8.13. The zero-order valence-corrected chi connectivity index (χ0v) is 13.9. The van der Waals surface area contributed by atoms with E-state index in [-0.39, 0.29) is 38.2 Å². The summed E-state index contributed by atoms with van der Waals surface area (Å²) in [7, 11) is 0. The Morgan fingerprint density at radius 2 is 1.08 bits per heavy atom. The largest absolute Gasteiger partial charge is 0.464 e. The molecular weight excluding hydrogens is 320 g/mol. The molecule has 2 N–H and O–H groups in total. The van der Waals surface area contributed by atoms with Crippen molar-refractivity contribution in [2.24, 2.45) is 0 Å². The van der Waals surface area contributed by atoms with Crippen molar-refractivity contribution >= 4 is 23.3 Å². The lowest BCUT2D eigenvalue weighted by Crippen LogP contribution is -2.20. The van der Waals surface area contributed by atoms with Crippen molar-refractivity contribution in [2.75, 3.05) is 36.9 Å². The van der Waals surface area contributed by atoms with Crippen LogP contribution in [0, 0.1) is 0 Å². The summed E-state index contributed by atoms with van der Waals surface area (Å²) in [4.78, 5) is 23.1. The molecule has 0 heterocycles. The third-order valence-corrected chi connectivity index (χ3v) is 3.24. The standard InChI is InChI=1S/C19H22N2O4/c22-18(14-20-16-8-3-1-4-9-16)24-12-7-13-25-19(23)15-21-17-10-5-2-6-11-17/h1-6,8-11,20-21H,7,12-15H2. The molecule has 0 amide bonds. The summed E-state index contributed by atoms with van der Waals surface area (Å²) in [6.07, 6.45) is 0.466. The highest BCUT2D eigenvalue weighted by molar-refractivity contribution is 5.75. The highest BCUT2D eigenvalue weighted by Gasteiger charge is 2.04. The quantitative estimate of drug-likeness (QED) is 0.511. The number of carbonyl (C=O) groups excluding carboxylic acids is 2. The number of nitrogens with one attached hydrogen (secondary N) is 2. The Morgan fingerprint density at radius 1 is 0.680 bits per heavy atom. The summed E-state index contributed by atoms with van der Waals surface area (Å²) in [5.74, 6) is -0.693. The van der Waals surface area contributed by atoms with Gasteiger partial charge >= 0.3 is 11.9 Å². The molecule has 2 aromatic carbocycles. The van der Waals surface area contributed by atoms with Gasteiger partial charge in [0, 0.05) is 17.8 Å². The highest BCUT2D eigenvalue weighted by atomic mass is 16.5. The van der Waals surface area contributed by atoms with Crippen LogP contribution in [-0.2, 0) is 19.1 Å². The van der Waals surface area contributed by atoms with Gasteiger partial charge in [0.1, 0.15) is 13.1 Å². The van der Waals surface area contributed by atoms with Gasteiger partial charge in [0.25, 0.3) is 0 Å². The third kappa shape index (κ3) is 7.87. The second-order valence-electron chi connectivity index (χ2n) is 5.23. The Labute approximate surface area is 147 Å². The van der Waals surface area contributed by atoms with E-state index < -0.39 is 0 Å². The van der Waals surface area contributed by atoms with Gasteiger partial charge in [-0.2, -0.15) is 0 Å². The van der Waals surface area contributed by atoms with Crippen LogP contribution in [0.2, 0.25) is 0 Å². The molecule has 0 aliphatic carbocycles. The van der Waals surface area contributed by atoms with Crippen LogP contribution in [0.4, 0.5) is 11.4 Å². The minimum atomic E-state index is -0.346. The van der Waals surface area contributed by atoms with Gasteiger partial charge in [0.2, 0.25) is 0 Å². The topological polar surface area (TPSA) is 76.7 Å². The first kappa shape index (κ1) is 18.3. The number of carbonyl (C=O) groups is 2. The number of hydrogen-bond acceptors (Lipinski definition) is 6. The molecule has 0 aliphatic heterocycles. The lowest BCUT2D eigenvalue weighted by Gasteiger charge is -2.08.